The molecule has 1 aromatic carbocycles. The molecule has 1 aliphatic rings. The molecule has 1 fully saturated rings. The van der Waals surface area contributed by atoms with Gasteiger partial charge in [-0.05, 0) is 63.5 Å². The number of hydrogen-bond donors (Lipinski definition) is 2. The van der Waals surface area contributed by atoms with Gasteiger partial charge in [-0.1, -0.05) is 24.3 Å². The molecule has 1 amide bonds. The van der Waals surface area contributed by atoms with Gasteiger partial charge in [0, 0.05) is 33.8 Å². The number of nitrogens with one attached hydrogen (secondary N) is 1. The molecule has 198 valence electrons. The summed E-state index contributed by atoms with van der Waals surface area (Å²) in [6, 6.07) is 9.07. The van der Waals surface area contributed by atoms with Gasteiger partial charge >= 0.3 is 6.01 Å². The van der Waals surface area contributed by atoms with E-state index in [4.69, 9.17) is 15.2 Å². The van der Waals surface area contributed by atoms with Crippen LogP contribution >= 0.6 is 0 Å². The second-order valence-electron chi connectivity index (χ2n) is 9.54. The number of amides is 1. The summed E-state index contributed by atoms with van der Waals surface area (Å²) >= 11 is 0. The number of benzene rings is 1. The topological polar surface area (TPSA) is 109 Å². The van der Waals surface area contributed by atoms with E-state index >= 15 is 0 Å². The van der Waals surface area contributed by atoms with Crippen molar-refractivity contribution < 1.29 is 14.3 Å². The summed E-state index contributed by atoms with van der Waals surface area (Å²) in [7, 11) is 7.51. The molecule has 1 aliphatic heterocycles. The highest BCUT2D eigenvalue weighted by Crippen LogP contribution is 2.31. The predicted molar refractivity (Wildman–Crippen MR) is 143 cm³/mol. The molecule has 3 rings (SSSR count). The fourth-order valence-corrected chi connectivity index (χ4v) is 4.51. The Kier molecular flexibility index (Phi) is 10.7. The molecule has 1 aromatic heterocycles. The van der Waals surface area contributed by atoms with Crippen LogP contribution < -0.4 is 20.7 Å². The van der Waals surface area contributed by atoms with Gasteiger partial charge in [-0.15, -0.1) is 0 Å². The van der Waals surface area contributed by atoms with Crippen molar-refractivity contribution in [1.29, 1.82) is 0 Å². The number of rotatable bonds is 14. The number of aromatic nitrogens is 2. The molecule has 2 aromatic rings. The Morgan fingerprint density at radius 1 is 1.14 bits per heavy atom. The fourth-order valence-electron chi connectivity index (χ4n) is 4.51. The first-order valence-electron chi connectivity index (χ1n) is 12.6. The number of nitrogens with zero attached hydrogens (tertiary/aromatic N) is 5. The van der Waals surface area contributed by atoms with E-state index in [1.807, 2.05) is 0 Å². The van der Waals surface area contributed by atoms with Gasteiger partial charge in [-0.25, -0.2) is 0 Å². The van der Waals surface area contributed by atoms with Crippen molar-refractivity contribution in [2.45, 2.75) is 32.4 Å². The zero-order chi connectivity index (χ0) is 25.9. The summed E-state index contributed by atoms with van der Waals surface area (Å²) in [6.07, 6.45) is 3.93. The minimum absolute atomic E-state index is 0.133. The molecule has 0 saturated carbocycles. The predicted octanol–water partition coefficient (Wildman–Crippen LogP) is 2.45. The fraction of sp³-hybridized carbons (Fsp3) is 0.577. The molecule has 10 heteroatoms. The van der Waals surface area contributed by atoms with E-state index in [0.717, 1.165) is 51.9 Å². The molecule has 0 bridgehead atoms. The van der Waals surface area contributed by atoms with E-state index in [0.29, 0.717) is 37.2 Å². The summed E-state index contributed by atoms with van der Waals surface area (Å²) < 4.78 is 10.5. The lowest BCUT2D eigenvalue weighted by Gasteiger charge is -2.33. The minimum Gasteiger partial charge on any atom is -0.461 e. The minimum atomic E-state index is 0.133. The number of piperidine rings is 1. The van der Waals surface area contributed by atoms with Gasteiger partial charge < -0.3 is 25.4 Å². The molecule has 3 N–H and O–H groups in total. The lowest BCUT2D eigenvalue weighted by molar-refractivity contribution is -0.107. The summed E-state index contributed by atoms with van der Waals surface area (Å²) in [5.41, 5.74) is 9.31. The SMILES string of the molecule is CNc1c(N)nc(OCCOC)nc1N(C=O)CCC1CCN(Cc2ccc(CN(C)C)cc2)CC1. The van der Waals surface area contributed by atoms with E-state index < -0.39 is 0 Å². The molecule has 1 saturated heterocycles. The van der Waals surface area contributed by atoms with E-state index in [-0.39, 0.29) is 11.8 Å². The number of methoxy groups -OCH3 is 1. The van der Waals surface area contributed by atoms with Gasteiger partial charge in [0.2, 0.25) is 6.41 Å². The van der Waals surface area contributed by atoms with Crippen molar-refractivity contribution in [2.75, 3.05) is 77.1 Å². The van der Waals surface area contributed by atoms with Crippen LogP contribution in [0.3, 0.4) is 0 Å². The van der Waals surface area contributed by atoms with Crippen molar-refractivity contribution >= 4 is 23.7 Å². The largest absolute Gasteiger partial charge is 0.461 e. The number of nitrogen functional groups attached to an aromatic ring is 1. The average Bonchev–Trinajstić information content (AvgIpc) is 2.86. The Labute approximate surface area is 214 Å². The maximum atomic E-state index is 12.0. The van der Waals surface area contributed by atoms with Crippen molar-refractivity contribution in [3.63, 3.8) is 0 Å². The van der Waals surface area contributed by atoms with Crippen molar-refractivity contribution in [2.24, 2.45) is 5.92 Å². The smallest absolute Gasteiger partial charge is 0.320 e. The highest BCUT2D eigenvalue weighted by molar-refractivity contribution is 5.85. The van der Waals surface area contributed by atoms with Crippen LogP contribution in [-0.4, -0.2) is 87.3 Å². The summed E-state index contributed by atoms with van der Waals surface area (Å²) in [5, 5.41) is 3.01. The lowest BCUT2D eigenvalue weighted by atomic mass is 9.93. The first kappa shape index (κ1) is 27.6. The van der Waals surface area contributed by atoms with Crippen molar-refractivity contribution in [3.8, 4) is 6.01 Å². The molecule has 10 nitrogen and oxygen atoms in total. The van der Waals surface area contributed by atoms with Crippen molar-refractivity contribution in [1.82, 2.24) is 19.8 Å². The van der Waals surface area contributed by atoms with E-state index in [9.17, 15) is 4.79 Å². The summed E-state index contributed by atoms with van der Waals surface area (Å²) in [5.74, 6) is 1.23. The highest BCUT2D eigenvalue weighted by atomic mass is 16.5. The van der Waals surface area contributed by atoms with Gasteiger partial charge in [0.15, 0.2) is 11.6 Å². The molecule has 0 unspecified atom stereocenters. The van der Waals surface area contributed by atoms with E-state index in [1.54, 1.807) is 19.1 Å². The summed E-state index contributed by atoms with van der Waals surface area (Å²) in [6.45, 7) is 5.33. The second kappa shape index (κ2) is 14.0. The van der Waals surface area contributed by atoms with Crippen LogP contribution in [0.25, 0.3) is 0 Å². The number of nitrogens with two attached hydrogens (primary N) is 1. The molecule has 0 aliphatic carbocycles. The van der Waals surface area contributed by atoms with Crippen molar-refractivity contribution in [3.05, 3.63) is 35.4 Å². The van der Waals surface area contributed by atoms with Crippen LogP contribution in [0, 0.1) is 5.92 Å². The molecule has 36 heavy (non-hydrogen) atoms. The maximum Gasteiger partial charge on any atom is 0.320 e. The van der Waals surface area contributed by atoms with Crippen LogP contribution in [0.2, 0.25) is 0 Å². The maximum absolute atomic E-state index is 12.0. The number of likely N-dealkylation sites (tertiary alicyclic amines) is 1. The number of hydrogen-bond acceptors (Lipinski definition) is 9. The molecular formula is C26H41N7O3. The van der Waals surface area contributed by atoms with Gasteiger partial charge in [0.05, 0.1) is 6.61 Å². The van der Waals surface area contributed by atoms with E-state index in [2.05, 4.69) is 63.4 Å². The average molecular weight is 500 g/mol. The third-order valence-corrected chi connectivity index (χ3v) is 6.48. The Morgan fingerprint density at radius 3 is 2.44 bits per heavy atom. The van der Waals surface area contributed by atoms with Gasteiger partial charge in [-0.2, -0.15) is 9.97 Å². The first-order chi connectivity index (χ1) is 17.4. The standard InChI is InChI=1S/C26H41N7O3/c1-28-23-24(27)29-26(36-16-15-35-4)30-25(23)33(19-34)14-11-20-9-12-32(13-10-20)18-22-7-5-21(6-8-22)17-31(2)3/h5-8,19-20,28H,9-18H2,1-4H3,(H2,27,29,30). The third kappa shape index (κ3) is 8.04. The molecular weight excluding hydrogens is 458 g/mol. The number of ether oxygens (including phenoxy) is 2. The van der Waals surface area contributed by atoms with Gasteiger partial charge in [0.1, 0.15) is 12.3 Å². The van der Waals surface area contributed by atoms with Crippen LogP contribution in [-0.2, 0) is 22.6 Å². The number of carbonyl (C=O) groups excluding carboxylic acids is 1. The Bertz CT molecular complexity index is 947. The highest BCUT2D eigenvalue weighted by Gasteiger charge is 2.23. The van der Waals surface area contributed by atoms with Gasteiger partial charge in [0.25, 0.3) is 0 Å². The molecule has 2 heterocycles. The Hall–Kier alpha value is -2.95. The van der Waals surface area contributed by atoms with Crippen LogP contribution in [0.4, 0.5) is 17.3 Å². The van der Waals surface area contributed by atoms with Crippen LogP contribution in [0.15, 0.2) is 24.3 Å². The number of carbonyl (C=O) groups is 1. The zero-order valence-electron chi connectivity index (χ0n) is 22.1. The third-order valence-electron chi connectivity index (χ3n) is 6.48. The second-order valence-corrected chi connectivity index (χ2v) is 9.54. The Balaban J connectivity index is 1.52. The zero-order valence-corrected chi connectivity index (χ0v) is 22.1. The number of anilines is 3. The Morgan fingerprint density at radius 2 is 1.83 bits per heavy atom. The van der Waals surface area contributed by atoms with Gasteiger partial charge in [-0.3, -0.25) is 14.6 Å². The van der Waals surface area contributed by atoms with E-state index in [1.165, 1.54) is 11.1 Å². The summed E-state index contributed by atoms with van der Waals surface area (Å²) in [4.78, 5) is 26.9. The van der Waals surface area contributed by atoms with Crippen LogP contribution in [0.5, 0.6) is 6.01 Å². The normalized spacial score (nSPS) is 14.7. The molecule has 0 radical (unpaired) electrons. The molecule has 0 spiro atoms. The monoisotopic (exact) mass is 499 g/mol. The lowest BCUT2D eigenvalue weighted by Crippen LogP contribution is -2.35. The first-order valence-corrected chi connectivity index (χ1v) is 12.6. The van der Waals surface area contributed by atoms with Crippen LogP contribution in [0.1, 0.15) is 30.4 Å². The molecule has 0 atom stereocenters. The quantitative estimate of drug-likeness (QED) is 0.299.